The molecule has 2 amide bonds. The molecular weight excluding hydrogens is 258 g/mol. The maximum atomic E-state index is 11.7. The Bertz CT molecular complexity index is 549. The van der Waals surface area contributed by atoms with E-state index in [4.69, 9.17) is 16.9 Å². The second kappa shape index (κ2) is 7.16. The van der Waals surface area contributed by atoms with Crippen molar-refractivity contribution in [3.05, 3.63) is 18.2 Å². The molecule has 0 saturated heterocycles. The van der Waals surface area contributed by atoms with Crippen LogP contribution in [0.4, 0.5) is 11.4 Å². The third kappa shape index (κ3) is 4.30. The van der Waals surface area contributed by atoms with E-state index in [2.05, 4.69) is 16.6 Å². The lowest BCUT2D eigenvalue weighted by Gasteiger charge is -2.13. The number of carbonyl (C=O) groups excluding carboxylic acids is 2. The van der Waals surface area contributed by atoms with Crippen molar-refractivity contribution >= 4 is 23.2 Å². The van der Waals surface area contributed by atoms with Crippen molar-refractivity contribution in [1.82, 2.24) is 0 Å². The van der Waals surface area contributed by atoms with Gasteiger partial charge in [0, 0.05) is 25.1 Å². The number of ether oxygens (including phenoxy) is 1. The predicted octanol–water partition coefficient (Wildman–Crippen LogP) is 0.943. The topological polar surface area (TPSA) is 93.5 Å². The predicted molar refractivity (Wildman–Crippen MR) is 77.4 cm³/mol. The third-order valence-electron chi connectivity index (χ3n) is 2.45. The van der Waals surface area contributed by atoms with E-state index in [0.29, 0.717) is 17.1 Å². The molecule has 106 valence electrons. The lowest BCUT2D eigenvalue weighted by molar-refractivity contribution is -0.117. The quantitative estimate of drug-likeness (QED) is 0.697. The fourth-order valence-corrected chi connectivity index (χ4v) is 1.52. The van der Waals surface area contributed by atoms with Crippen LogP contribution in [0.15, 0.2) is 18.2 Å². The normalized spacial score (nSPS) is 11.1. The summed E-state index contributed by atoms with van der Waals surface area (Å²) >= 11 is 0. The number of rotatable bonds is 5. The van der Waals surface area contributed by atoms with Crippen LogP contribution in [0.5, 0.6) is 5.75 Å². The molecule has 0 aliphatic heterocycles. The van der Waals surface area contributed by atoms with Gasteiger partial charge in [0.2, 0.25) is 11.8 Å². The van der Waals surface area contributed by atoms with Crippen LogP contribution in [-0.2, 0) is 9.59 Å². The molecule has 0 bridgehead atoms. The van der Waals surface area contributed by atoms with Gasteiger partial charge in [-0.1, -0.05) is 0 Å². The van der Waals surface area contributed by atoms with Crippen molar-refractivity contribution in [3.63, 3.8) is 0 Å². The van der Waals surface area contributed by atoms with Crippen molar-refractivity contribution in [1.29, 1.82) is 0 Å². The molecule has 0 radical (unpaired) electrons. The first kappa shape index (κ1) is 15.5. The maximum Gasteiger partial charge on any atom is 0.242 e. The molecular formula is C14H17N3O3. The van der Waals surface area contributed by atoms with E-state index < -0.39 is 6.04 Å². The van der Waals surface area contributed by atoms with Crippen molar-refractivity contribution in [3.8, 4) is 18.1 Å². The van der Waals surface area contributed by atoms with E-state index in [1.807, 2.05) is 0 Å². The second-order valence-corrected chi connectivity index (χ2v) is 4.10. The number of terminal acetylenes is 1. The summed E-state index contributed by atoms with van der Waals surface area (Å²) < 4.78 is 5.15. The molecule has 1 unspecified atom stereocenters. The molecule has 6 heteroatoms. The van der Waals surface area contributed by atoms with Crippen molar-refractivity contribution < 1.29 is 14.3 Å². The number of hydrogen-bond donors (Lipinski definition) is 3. The van der Waals surface area contributed by atoms with Gasteiger partial charge < -0.3 is 21.1 Å². The summed E-state index contributed by atoms with van der Waals surface area (Å²) in [7, 11) is 1.47. The fourth-order valence-electron chi connectivity index (χ4n) is 1.52. The minimum absolute atomic E-state index is 0.160. The van der Waals surface area contributed by atoms with Gasteiger partial charge in [-0.25, -0.2) is 0 Å². The largest absolute Gasteiger partial charge is 0.494 e. The summed E-state index contributed by atoms with van der Waals surface area (Å²) in [6.07, 6.45) is 5.26. The van der Waals surface area contributed by atoms with Crippen LogP contribution in [0.25, 0.3) is 0 Å². The Balaban J connectivity index is 2.85. The molecule has 0 heterocycles. The van der Waals surface area contributed by atoms with Crippen molar-refractivity contribution in [2.75, 3.05) is 17.7 Å². The number of nitrogens with one attached hydrogen (secondary N) is 2. The van der Waals surface area contributed by atoms with Gasteiger partial charge in [0.15, 0.2) is 0 Å². The van der Waals surface area contributed by atoms with Crippen LogP contribution in [0.3, 0.4) is 0 Å². The van der Waals surface area contributed by atoms with Crippen LogP contribution in [-0.4, -0.2) is 25.0 Å². The smallest absolute Gasteiger partial charge is 0.242 e. The van der Waals surface area contributed by atoms with Gasteiger partial charge in [0.1, 0.15) is 5.75 Å². The van der Waals surface area contributed by atoms with E-state index >= 15 is 0 Å². The lowest BCUT2D eigenvalue weighted by Crippen LogP contribution is -2.35. The lowest BCUT2D eigenvalue weighted by atomic mass is 10.2. The van der Waals surface area contributed by atoms with Crippen LogP contribution < -0.4 is 21.1 Å². The zero-order valence-corrected chi connectivity index (χ0v) is 11.4. The van der Waals surface area contributed by atoms with Crippen LogP contribution in [0.1, 0.15) is 13.3 Å². The summed E-state index contributed by atoms with van der Waals surface area (Å²) in [5, 5.41) is 5.25. The number of carbonyl (C=O) groups is 2. The minimum atomic E-state index is -0.763. The van der Waals surface area contributed by atoms with Gasteiger partial charge in [-0.15, -0.1) is 12.3 Å². The Labute approximate surface area is 117 Å². The molecule has 1 atom stereocenters. The second-order valence-electron chi connectivity index (χ2n) is 4.10. The molecule has 1 aromatic carbocycles. The van der Waals surface area contributed by atoms with Gasteiger partial charge in [-0.3, -0.25) is 9.59 Å². The van der Waals surface area contributed by atoms with Gasteiger partial charge >= 0.3 is 0 Å². The van der Waals surface area contributed by atoms with Crippen LogP contribution in [0.2, 0.25) is 0 Å². The Hall–Kier alpha value is -2.52. The molecule has 1 rings (SSSR count). The van der Waals surface area contributed by atoms with Crippen molar-refractivity contribution in [2.24, 2.45) is 5.73 Å². The Morgan fingerprint density at radius 3 is 2.70 bits per heavy atom. The Morgan fingerprint density at radius 1 is 1.45 bits per heavy atom. The molecule has 0 aromatic heterocycles. The number of benzene rings is 1. The number of amides is 2. The molecule has 0 saturated carbocycles. The first-order valence-electron chi connectivity index (χ1n) is 5.93. The van der Waals surface area contributed by atoms with Crippen LogP contribution >= 0.6 is 0 Å². The SMILES string of the molecule is C#CCC(N)C(=O)Nc1ccc(NC(C)=O)c(OC)c1. The van der Waals surface area contributed by atoms with Gasteiger partial charge in [0.05, 0.1) is 18.8 Å². The monoisotopic (exact) mass is 275 g/mol. The molecule has 6 nitrogen and oxygen atoms in total. The summed E-state index contributed by atoms with van der Waals surface area (Å²) in [5.74, 6) is 2.17. The van der Waals surface area contributed by atoms with E-state index in [9.17, 15) is 9.59 Å². The maximum absolute atomic E-state index is 11.7. The summed E-state index contributed by atoms with van der Waals surface area (Å²) in [6, 6.07) is 4.09. The number of hydrogen-bond acceptors (Lipinski definition) is 4. The van der Waals surface area contributed by atoms with E-state index in [1.165, 1.54) is 14.0 Å². The summed E-state index contributed by atoms with van der Waals surface area (Å²) in [5.41, 5.74) is 6.63. The number of methoxy groups -OCH3 is 1. The highest BCUT2D eigenvalue weighted by molar-refractivity contribution is 5.96. The minimum Gasteiger partial charge on any atom is -0.494 e. The van der Waals surface area contributed by atoms with E-state index in [-0.39, 0.29) is 18.2 Å². The summed E-state index contributed by atoms with van der Waals surface area (Å²) in [4.78, 5) is 22.8. The third-order valence-corrected chi connectivity index (χ3v) is 2.45. The van der Waals surface area contributed by atoms with E-state index in [1.54, 1.807) is 18.2 Å². The van der Waals surface area contributed by atoms with Crippen molar-refractivity contribution in [2.45, 2.75) is 19.4 Å². The first-order valence-corrected chi connectivity index (χ1v) is 5.93. The molecule has 0 fully saturated rings. The van der Waals surface area contributed by atoms with Gasteiger partial charge in [-0.05, 0) is 12.1 Å². The standard InChI is InChI=1S/C14H17N3O3/c1-4-5-11(15)14(19)17-10-6-7-12(16-9(2)18)13(8-10)20-3/h1,6-8,11H,5,15H2,2-3H3,(H,16,18)(H,17,19). The first-order chi connectivity index (χ1) is 9.47. The van der Waals surface area contributed by atoms with E-state index in [0.717, 1.165) is 0 Å². The zero-order valence-electron chi connectivity index (χ0n) is 11.4. The molecule has 20 heavy (non-hydrogen) atoms. The average Bonchev–Trinajstić information content (AvgIpc) is 2.40. The Kier molecular flexibility index (Phi) is 5.56. The average molecular weight is 275 g/mol. The number of anilines is 2. The van der Waals surface area contributed by atoms with Gasteiger partial charge in [-0.2, -0.15) is 0 Å². The molecule has 1 aromatic rings. The molecule has 0 aliphatic carbocycles. The van der Waals surface area contributed by atoms with Gasteiger partial charge in [0.25, 0.3) is 0 Å². The highest BCUT2D eigenvalue weighted by Crippen LogP contribution is 2.27. The molecule has 0 spiro atoms. The zero-order chi connectivity index (χ0) is 15.1. The Morgan fingerprint density at radius 2 is 2.15 bits per heavy atom. The highest BCUT2D eigenvalue weighted by Gasteiger charge is 2.13. The highest BCUT2D eigenvalue weighted by atomic mass is 16.5. The van der Waals surface area contributed by atoms with Crippen LogP contribution in [0, 0.1) is 12.3 Å². The molecule has 0 aliphatic rings. The fraction of sp³-hybridized carbons (Fsp3) is 0.286. The number of nitrogens with two attached hydrogens (primary N) is 1. The summed E-state index contributed by atoms with van der Waals surface area (Å²) in [6.45, 7) is 1.40. The molecule has 4 N–H and O–H groups in total.